The van der Waals surface area contributed by atoms with Crippen molar-refractivity contribution in [1.82, 2.24) is 20.0 Å². The van der Waals surface area contributed by atoms with Gasteiger partial charge in [0.25, 0.3) is 0 Å². The third kappa shape index (κ3) is 6.59. The Kier molecular flexibility index (Phi) is 7.36. The molecular formula is C18H30N4O. The number of hydrogen-bond acceptors (Lipinski definition) is 3. The van der Waals surface area contributed by atoms with Crippen molar-refractivity contribution in [3.05, 3.63) is 35.9 Å². The van der Waals surface area contributed by atoms with Gasteiger partial charge in [-0.2, -0.15) is 0 Å². The normalized spacial score (nSPS) is 15.9. The summed E-state index contributed by atoms with van der Waals surface area (Å²) in [6.45, 7) is 6.59. The molecule has 0 aliphatic carbocycles. The van der Waals surface area contributed by atoms with Gasteiger partial charge in [0, 0.05) is 32.7 Å². The molecule has 0 atom stereocenters. The van der Waals surface area contributed by atoms with Crippen molar-refractivity contribution in [1.29, 1.82) is 0 Å². The number of nitrogens with zero attached hydrogens (tertiary/aromatic N) is 3. The van der Waals surface area contributed by atoms with Crippen molar-refractivity contribution in [2.24, 2.45) is 0 Å². The summed E-state index contributed by atoms with van der Waals surface area (Å²) in [5, 5.41) is 3.04. The summed E-state index contributed by atoms with van der Waals surface area (Å²) in [6, 6.07) is 10.4. The fraction of sp³-hybridized carbons (Fsp3) is 0.611. The molecule has 1 fully saturated rings. The number of amides is 2. The van der Waals surface area contributed by atoms with Crippen molar-refractivity contribution < 1.29 is 4.79 Å². The highest BCUT2D eigenvalue weighted by atomic mass is 16.2. The molecule has 2 amide bonds. The molecule has 0 saturated carbocycles. The van der Waals surface area contributed by atoms with Crippen LogP contribution in [0.5, 0.6) is 0 Å². The van der Waals surface area contributed by atoms with E-state index in [9.17, 15) is 4.79 Å². The molecule has 1 heterocycles. The molecular weight excluding hydrogens is 288 g/mol. The minimum Gasteiger partial charge on any atom is -0.338 e. The topological polar surface area (TPSA) is 38.8 Å². The van der Waals surface area contributed by atoms with Crippen molar-refractivity contribution >= 4 is 6.03 Å². The summed E-state index contributed by atoms with van der Waals surface area (Å²) in [5.41, 5.74) is 1.26. The molecule has 0 bridgehead atoms. The average Bonchev–Trinajstić information content (AvgIpc) is 2.56. The van der Waals surface area contributed by atoms with E-state index in [-0.39, 0.29) is 6.03 Å². The minimum atomic E-state index is 0.0777. The van der Waals surface area contributed by atoms with Gasteiger partial charge < -0.3 is 15.1 Å². The summed E-state index contributed by atoms with van der Waals surface area (Å²) in [4.78, 5) is 18.8. The van der Waals surface area contributed by atoms with Crippen LogP contribution in [0.1, 0.15) is 12.0 Å². The molecule has 1 aliphatic rings. The van der Waals surface area contributed by atoms with E-state index in [1.807, 2.05) is 23.1 Å². The molecule has 23 heavy (non-hydrogen) atoms. The second kappa shape index (κ2) is 9.53. The van der Waals surface area contributed by atoms with Crippen LogP contribution < -0.4 is 5.32 Å². The molecule has 0 unspecified atom stereocenters. The molecule has 1 saturated heterocycles. The molecule has 128 valence electrons. The number of rotatable bonds is 7. The molecule has 1 N–H and O–H groups in total. The van der Waals surface area contributed by atoms with Gasteiger partial charge >= 0.3 is 6.03 Å². The fourth-order valence-electron chi connectivity index (χ4n) is 2.86. The third-order valence-corrected chi connectivity index (χ3v) is 4.27. The van der Waals surface area contributed by atoms with Gasteiger partial charge in [-0.3, -0.25) is 4.90 Å². The van der Waals surface area contributed by atoms with Crippen molar-refractivity contribution in [3.63, 3.8) is 0 Å². The summed E-state index contributed by atoms with van der Waals surface area (Å²) in [7, 11) is 4.22. The van der Waals surface area contributed by atoms with Crippen LogP contribution in [-0.4, -0.2) is 80.6 Å². The highest BCUT2D eigenvalue weighted by Crippen LogP contribution is 2.04. The van der Waals surface area contributed by atoms with Gasteiger partial charge in [-0.25, -0.2) is 4.79 Å². The summed E-state index contributed by atoms with van der Waals surface area (Å²) in [5.74, 6) is 0. The number of hydrogen-bond donors (Lipinski definition) is 1. The lowest BCUT2D eigenvalue weighted by molar-refractivity contribution is 0.136. The van der Waals surface area contributed by atoms with E-state index in [1.165, 1.54) is 12.0 Å². The van der Waals surface area contributed by atoms with Gasteiger partial charge in [0.2, 0.25) is 0 Å². The van der Waals surface area contributed by atoms with Gasteiger partial charge in [-0.1, -0.05) is 30.3 Å². The van der Waals surface area contributed by atoms with Crippen LogP contribution in [0, 0.1) is 0 Å². The first-order valence-corrected chi connectivity index (χ1v) is 8.59. The Labute approximate surface area is 140 Å². The first-order chi connectivity index (χ1) is 11.1. The van der Waals surface area contributed by atoms with E-state index in [2.05, 4.69) is 41.3 Å². The van der Waals surface area contributed by atoms with Crippen LogP contribution in [0.25, 0.3) is 0 Å². The monoisotopic (exact) mass is 318 g/mol. The number of carbonyl (C=O) groups is 1. The van der Waals surface area contributed by atoms with Crippen molar-refractivity contribution in [2.75, 3.05) is 59.9 Å². The molecule has 0 spiro atoms. The summed E-state index contributed by atoms with van der Waals surface area (Å²) in [6.07, 6.45) is 2.08. The Morgan fingerprint density at radius 1 is 1.13 bits per heavy atom. The smallest absolute Gasteiger partial charge is 0.317 e. The molecule has 5 heteroatoms. The number of nitrogens with one attached hydrogen (secondary N) is 1. The Morgan fingerprint density at radius 3 is 2.48 bits per heavy atom. The second-order valence-electron chi connectivity index (χ2n) is 6.45. The maximum atomic E-state index is 12.2. The van der Waals surface area contributed by atoms with E-state index in [0.717, 1.165) is 45.7 Å². The molecule has 0 radical (unpaired) electrons. The highest BCUT2D eigenvalue weighted by Gasteiger charge is 2.20. The molecule has 1 aromatic carbocycles. The Morgan fingerprint density at radius 2 is 1.83 bits per heavy atom. The van der Waals surface area contributed by atoms with E-state index >= 15 is 0 Å². The maximum absolute atomic E-state index is 12.2. The van der Waals surface area contributed by atoms with E-state index in [0.29, 0.717) is 6.54 Å². The number of piperazine rings is 1. The predicted molar refractivity (Wildman–Crippen MR) is 94.7 cm³/mol. The Hall–Kier alpha value is -1.59. The second-order valence-corrected chi connectivity index (χ2v) is 6.45. The van der Waals surface area contributed by atoms with Crippen LogP contribution >= 0.6 is 0 Å². The van der Waals surface area contributed by atoms with Gasteiger partial charge in [0.1, 0.15) is 0 Å². The zero-order valence-electron chi connectivity index (χ0n) is 14.5. The van der Waals surface area contributed by atoms with Crippen LogP contribution in [0.4, 0.5) is 4.79 Å². The number of carbonyl (C=O) groups excluding carboxylic acids is 1. The minimum absolute atomic E-state index is 0.0777. The van der Waals surface area contributed by atoms with E-state index in [4.69, 9.17) is 0 Å². The maximum Gasteiger partial charge on any atom is 0.317 e. The van der Waals surface area contributed by atoms with Gasteiger partial charge in [0.05, 0.1) is 0 Å². The Balaban J connectivity index is 1.60. The lowest BCUT2D eigenvalue weighted by atomic mass is 10.1. The average molecular weight is 318 g/mol. The summed E-state index contributed by atoms with van der Waals surface area (Å²) >= 11 is 0. The SMILES string of the molecule is CN(C)CCCN1CCN(C(=O)NCCc2ccccc2)CC1. The van der Waals surface area contributed by atoms with Gasteiger partial charge in [-0.15, -0.1) is 0 Å². The van der Waals surface area contributed by atoms with Crippen LogP contribution in [0.15, 0.2) is 30.3 Å². The molecule has 1 aliphatic heterocycles. The fourth-order valence-corrected chi connectivity index (χ4v) is 2.86. The molecule has 2 rings (SSSR count). The van der Waals surface area contributed by atoms with Crippen LogP contribution in [0.2, 0.25) is 0 Å². The van der Waals surface area contributed by atoms with Crippen LogP contribution in [-0.2, 0) is 6.42 Å². The molecule has 0 aromatic heterocycles. The van der Waals surface area contributed by atoms with Crippen LogP contribution in [0.3, 0.4) is 0 Å². The van der Waals surface area contributed by atoms with Crippen molar-refractivity contribution in [2.45, 2.75) is 12.8 Å². The lowest BCUT2D eigenvalue weighted by Crippen LogP contribution is -2.52. The quantitative estimate of drug-likeness (QED) is 0.828. The first kappa shape index (κ1) is 17.8. The number of urea groups is 1. The van der Waals surface area contributed by atoms with Crippen molar-refractivity contribution in [3.8, 4) is 0 Å². The molecule has 1 aromatic rings. The zero-order valence-corrected chi connectivity index (χ0v) is 14.5. The highest BCUT2D eigenvalue weighted by molar-refractivity contribution is 5.74. The zero-order chi connectivity index (χ0) is 16.5. The molecule has 5 nitrogen and oxygen atoms in total. The largest absolute Gasteiger partial charge is 0.338 e. The summed E-state index contributed by atoms with van der Waals surface area (Å²) < 4.78 is 0. The standard InChI is InChI=1S/C18H30N4O/c1-20(2)11-6-12-21-13-15-22(16-14-21)18(23)19-10-9-17-7-4-3-5-8-17/h3-5,7-8H,6,9-16H2,1-2H3,(H,19,23). The first-order valence-electron chi connectivity index (χ1n) is 8.59. The third-order valence-electron chi connectivity index (χ3n) is 4.27. The predicted octanol–water partition coefficient (Wildman–Crippen LogP) is 1.51. The number of benzene rings is 1. The van der Waals surface area contributed by atoms with Gasteiger partial charge in [-0.05, 0) is 45.6 Å². The van der Waals surface area contributed by atoms with E-state index in [1.54, 1.807) is 0 Å². The lowest BCUT2D eigenvalue weighted by Gasteiger charge is -2.34. The Bertz CT molecular complexity index is 455. The van der Waals surface area contributed by atoms with E-state index < -0.39 is 0 Å². The van der Waals surface area contributed by atoms with Gasteiger partial charge in [0.15, 0.2) is 0 Å².